The van der Waals surface area contributed by atoms with Crippen LogP contribution in [0.5, 0.6) is 0 Å². The van der Waals surface area contributed by atoms with Crippen LogP contribution in [0.4, 0.5) is 0 Å². The summed E-state index contributed by atoms with van der Waals surface area (Å²) in [5.41, 5.74) is 6.96. The van der Waals surface area contributed by atoms with Crippen LogP contribution < -0.4 is 11.2 Å². The van der Waals surface area contributed by atoms with Gasteiger partial charge in [-0.15, -0.1) is 0 Å². The summed E-state index contributed by atoms with van der Waals surface area (Å²) in [6, 6.07) is 4.82. The summed E-state index contributed by atoms with van der Waals surface area (Å²) in [5, 5.41) is 6.72. The molecule has 7 heteroatoms. The molecule has 0 bridgehead atoms. The summed E-state index contributed by atoms with van der Waals surface area (Å²) < 4.78 is 0. The summed E-state index contributed by atoms with van der Waals surface area (Å²) in [6.07, 6.45) is 1.46. The summed E-state index contributed by atoms with van der Waals surface area (Å²) in [6.45, 7) is 0. The van der Waals surface area contributed by atoms with E-state index < -0.39 is 11.9 Å². The molecule has 0 amide bonds. The third kappa shape index (κ3) is 4.68. The van der Waals surface area contributed by atoms with Crippen LogP contribution in [0.2, 0.25) is 0 Å². The number of hydroxylamine groups is 1. The van der Waals surface area contributed by atoms with Crippen molar-refractivity contribution >= 4 is 63.3 Å². The van der Waals surface area contributed by atoms with Gasteiger partial charge >= 0.3 is 57.4 Å². The molecule has 1 heterocycles. The van der Waals surface area contributed by atoms with E-state index >= 15 is 0 Å². The number of carbonyl (C=O) groups is 1. The second-order valence-electron chi connectivity index (χ2n) is 2.12. The summed E-state index contributed by atoms with van der Waals surface area (Å²) in [4.78, 5) is 19.2. The number of hydrogen-bond donors (Lipinski definition) is 3. The Bertz CT molecular complexity index is 317. The van der Waals surface area contributed by atoms with Crippen molar-refractivity contribution in [3.05, 3.63) is 30.1 Å². The molecule has 0 aliphatic rings. The Hall–Kier alpha value is -0.474. The minimum atomic E-state index is -0.684. The molecule has 0 aromatic carbocycles. The van der Waals surface area contributed by atoms with E-state index in [1.807, 2.05) is 5.48 Å². The minimum absolute atomic E-state index is 0. The van der Waals surface area contributed by atoms with Gasteiger partial charge in [-0.1, -0.05) is 6.07 Å². The van der Waals surface area contributed by atoms with Gasteiger partial charge in [0.1, 0.15) is 0 Å². The van der Waals surface area contributed by atoms with E-state index in [1.165, 1.54) is 12.3 Å². The molecule has 1 aromatic heterocycles. The van der Waals surface area contributed by atoms with Crippen molar-refractivity contribution < 1.29 is 9.63 Å². The molecule has 0 fully saturated rings. The number of hydrogen-bond acceptors (Lipinski definition) is 4. The SMILES string of the molecule is N=C(N)NOC(=O)c1ccccn1.[KH]. The van der Waals surface area contributed by atoms with Gasteiger partial charge < -0.3 is 10.6 Å². The fourth-order valence-corrected chi connectivity index (χ4v) is 0.637. The van der Waals surface area contributed by atoms with Crippen molar-refractivity contribution in [3.8, 4) is 0 Å². The Morgan fingerprint density at radius 1 is 1.57 bits per heavy atom. The second kappa shape index (κ2) is 6.90. The van der Waals surface area contributed by atoms with Crippen LogP contribution in [0.1, 0.15) is 10.5 Å². The third-order valence-electron chi connectivity index (χ3n) is 1.13. The van der Waals surface area contributed by atoms with E-state index in [-0.39, 0.29) is 57.1 Å². The zero-order chi connectivity index (χ0) is 9.68. The quantitative estimate of drug-likeness (QED) is 0.243. The predicted molar refractivity (Wildman–Crippen MR) is 51.9 cm³/mol. The van der Waals surface area contributed by atoms with Crippen LogP contribution in [0.15, 0.2) is 24.4 Å². The summed E-state index contributed by atoms with van der Waals surface area (Å²) >= 11 is 0. The first-order valence-electron chi connectivity index (χ1n) is 3.42. The molecule has 6 nitrogen and oxygen atoms in total. The predicted octanol–water partition coefficient (Wildman–Crippen LogP) is -1.01. The zero-order valence-corrected chi connectivity index (χ0v) is 6.65. The molecule has 0 atom stereocenters. The van der Waals surface area contributed by atoms with Crippen molar-refractivity contribution in [1.82, 2.24) is 10.5 Å². The number of pyridine rings is 1. The first kappa shape index (κ1) is 13.5. The molecule has 1 rings (SSSR count). The Labute approximate surface area is 123 Å². The van der Waals surface area contributed by atoms with Gasteiger partial charge in [-0.2, -0.15) is 5.48 Å². The van der Waals surface area contributed by atoms with Crippen molar-refractivity contribution in [3.63, 3.8) is 0 Å². The number of nitrogens with zero attached hydrogens (tertiary/aromatic N) is 1. The van der Waals surface area contributed by atoms with E-state index in [0.29, 0.717) is 0 Å². The monoisotopic (exact) mass is 220 g/mol. The molecule has 14 heavy (non-hydrogen) atoms. The van der Waals surface area contributed by atoms with Crippen LogP contribution in [-0.4, -0.2) is 68.3 Å². The molecule has 70 valence electrons. The molecule has 0 saturated carbocycles. The Balaban J connectivity index is 0.00000169. The molecule has 0 aliphatic heterocycles. The van der Waals surface area contributed by atoms with Gasteiger partial charge in [0.2, 0.25) is 5.96 Å². The van der Waals surface area contributed by atoms with Gasteiger partial charge in [-0.3, -0.25) is 5.41 Å². The fourth-order valence-electron chi connectivity index (χ4n) is 0.637. The molecule has 0 aliphatic carbocycles. The van der Waals surface area contributed by atoms with Crippen molar-refractivity contribution in [2.24, 2.45) is 5.73 Å². The van der Waals surface area contributed by atoms with Gasteiger partial charge in [0.05, 0.1) is 0 Å². The number of guanidine groups is 1. The average Bonchev–Trinajstić information content (AvgIpc) is 2.15. The molecular weight excluding hydrogens is 211 g/mol. The van der Waals surface area contributed by atoms with E-state index in [9.17, 15) is 4.79 Å². The van der Waals surface area contributed by atoms with Gasteiger partial charge in [0.25, 0.3) is 0 Å². The van der Waals surface area contributed by atoms with E-state index in [0.717, 1.165) is 0 Å². The number of carbonyl (C=O) groups excluding carboxylic acids is 1. The summed E-state index contributed by atoms with van der Waals surface area (Å²) in [7, 11) is 0. The van der Waals surface area contributed by atoms with Crippen molar-refractivity contribution in [2.45, 2.75) is 0 Å². The maximum atomic E-state index is 11.0. The average molecular weight is 220 g/mol. The normalized spacial score (nSPS) is 8.29. The van der Waals surface area contributed by atoms with E-state index in [1.54, 1.807) is 12.1 Å². The van der Waals surface area contributed by atoms with Crippen LogP contribution in [-0.2, 0) is 4.84 Å². The number of aromatic nitrogens is 1. The van der Waals surface area contributed by atoms with Gasteiger partial charge in [0, 0.05) is 6.20 Å². The Morgan fingerprint density at radius 3 is 2.79 bits per heavy atom. The maximum absolute atomic E-state index is 11.0. The Kier molecular flexibility index (Phi) is 6.67. The number of rotatable bonds is 1. The third-order valence-corrected chi connectivity index (χ3v) is 1.13. The van der Waals surface area contributed by atoms with Crippen LogP contribution >= 0.6 is 0 Å². The topological polar surface area (TPSA) is 101 Å². The first-order valence-corrected chi connectivity index (χ1v) is 3.42. The van der Waals surface area contributed by atoms with Crippen LogP contribution in [0.3, 0.4) is 0 Å². The summed E-state index contributed by atoms with van der Waals surface area (Å²) in [5.74, 6) is -1.12. The van der Waals surface area contributed by atoms with Gasteiger partial charge in [0.15, 0.2) is 5.69 Å². The van der Waals surface area contributed by atoms with E-state index in [4.69, 9.17) is 11.1 Å². The Morgan fingerprint density at radius 2 is 2.29 bits per heavy atom. The zero-order valence-electron chi connectivity index (χ0n) is 6.65. The van der Waals surface area contributed by atoms with Gasteiger partial charge in [-0.25, -0.2) is 9.78 Å². The molecule has 4 N–H and O–H groups in total. The van der Waals surface area contributed by atoms with Crippen LogP contribution in [0.25, 0.3) is 0 Å². The number of nitrogens with two attached hydrogens (primary N) is 1. The molecule has 0 spiro atoms. The molecule has 0 radical (unpaired) electrons. The number of nitrogens with one attached hydrogen (secondary N) is 2. The van der Waals surface area contributed by atoms with Crippen molar-refractivity contribution in [1.29, 1.82) is 5.41 Å². The molecule has 0 unspecified atom stereocenters. The fraction of sp³-hybridized carbons (Fsp3) is 0. The molecular formula is C7H9KN4O2. The van der Waals surface area contributed by atoms with Crippen LogP contribution in [0, 0.1) is 5.41 Å². The van der Waals surface area contributed by atoms with Gasteiger partial charge in [-0.05, 0) is 12.1 Å². The first-order chi connectivity index (χ1) is 6.20. The van der Waals surface area contributed by atoms with Crippen molar-refractivity contribution in [2.75, 3.05) is 0 Å². The standard InChI is InChI=1S/C7H8N4O2.K.H/c8-7(9)11-13-6(12)5-3-1-2-4-10-5;;/h1-4H,(H4,8,9,11);;. The molecule has 1 aromatic rings. The van der Waals surface area contributed by atoms with E-state index in [2.05, 4.69) is 9.82 Å². The second-order valence-corrected chi connectivity index (χ2v) is 2.12. The molecule has 0 saturated heterocycles.